The zero-order chi connectivity index (χ0) is 12.6. The quantitative estimate of drug-likeness (QED) is 0.753. The van der Waals surface area contributed by atoms with Crippen LogP contribution in [0, 0.1) is 0 Å². The van der Waals surface area contributed by atoms with E-state index < -0.39 is 0 Å². The summed E-state index contributed by atoms with van der Waals surface area (Å²) in [7, 11) is 1.62. The Kier molecular flexibility index (Phi) is 4.54. The number of anilines is 1. The number of hydrogen-bond acceptors (Lipinski definition) is 6. The monoisotopic (exact) mass is 249 g/mol. The lowest BCUT2D eigenvalue weighted by Crippen LogP contribution is -2.06. The van der Waals surface area contributed by atoms with Gasteiger partial charge in [0.05, 0.1) is 19.4 Å². The summed E-state index contributed by atoms with van der Waals surface area (Å²) in [5, 5.41) is 3.12. The van der Waals surface area contributed by atoms with Gasteiger partial charge in [0.15, 0.2) is 0 Å². The number of aromatic nitrogens is 2. The topological polar surface area (TPSA) is 69.4 Å². The minimum absolute atomic E-state index is 0.463. The molecule has 96 valence electrons. The predicted molar refractivity (Wildman–Crippen MR) is 65.4 cm³/mol. The van der Waals surface area contributed by atoms with E-state index >= 15 is 0 Å². The van der Waals surface area contributed by atoms with E-state index in [2.05, 4.69) is 15.3 Å². The van der Waals surface area contributed by atoms with Crippen LogP contribution in [0.5, 0.6) is 5.88 Å². The maximum atomic E-state index is 5.38. The number of nitrogens with zero attached hydrogens (tertiary/aromatic N) is 2. The lowest BCUT2D eigenvalue weighted by atomic mass is 10.4. The van der Waals surface area contributed by atoms with Crippen LogP contribution in [-0.2, 0) is 11.3 Å². The summed E-state index contributed by atoms with van der Waals surface area (Å²) >= 11 is 0. The molecule has 18 heavy (non-hydrogen) atoms. The number of methoxy groups -OCH3 is 1. The maximum absolute atomic E-state index is 5.38. The first-order chi connectivity index (χ1) is 8.88. The van der Waals surface area contributed by atoms with Gasteiger partial charge in [-0.3, -0.25) is 0 Å². The molecule has 0 fully saturated rings. The average Bonchev–Trinajstić information content (AvgIpc) is 2.90. The highest BCUT2D eigenvalue weighted by atomic mass is 16.5. The summed E-state index contributed by atoms with van der Waals surface area (Å²) in [5.41, 5.74) is 0. The van der Waals surface area contributed by atoms with E-state index in [0.717, 1.165) is 5.76 Å². The first kappa shape index (κ1) is 12.4. The molecular formula is C12H15N3O3. The third kappa shape index (κ3) is 3.74. The van der Waals surface area contributed by atoms with Gasteiger partial charge in [0.2, 0.25) is 5.88 Å². The molecule has 6 heteroatoms. The average molecular weight is 249 g/mol. The highest BCUT2D eigenvalue weighted by molar-refractivity contribution is 5.37. The van der Waals surface area contributed by atoms with Crippen molar-refractivity contribution in [3.05, 3.63) is 36.5 Å². The molecule has 0 amide bonds. The van der Waals surface area contributed by atoms with Crippen LogP contribution in [0.15, 0.2) is 35.2 Å². The Morgan fingerprint density at radius 1 is 1.33 bits per heavy atom. The molecule has 0 saturated heterocycles. The second-order valence-corrected chi connectivity index (χ2v) is 3.52. The molecule has 6 nitrogen and oxygen atoms in total. The molecule has 0 aromatic carbocycles. The lowest BCUT2D eigenvalue weighted by molar-refractivity contribution is 0.143. The molecule has 0 spiro atoms. The van der Waals surface area contributed by atoms with Crippen molar-refractivity contribution < 1.29 is 13.9 Å². The van der Waals surface area contributed by atoms with Crippen LogP contribution in [0.3, 0.4) is 0 Å². The van der Waals surface area contributed by atoms with Crippen LogP contribution in [0.2, 0.25) is 0 Å². The Hall–Kier alpha value is -2.08. The second kappa shape index (κ2) is 6.61. The van der Waals surface area contributed by atoms with Crippen LogP contribution < -0.4 is 10.1 Å². The molecule has 0 saturated carbocycles. The highest BCUT2D eigenvalue weighted by Crippen LogP contribution is 2.12. The van der Waals surface area contributed by atoms with Gasteiger partial charge < -0.3 is 19.2 Å². The fraction of sp³-hybridized carbons (Fsp3) is 0.333. The Balaban J connectivity index is 1.86. The van der Waals surface area contributed by atoms with Gasteiger partial charge in [-0.25, -0.2) is 9.97 Å². The fourth-order valence-corrected chi connectivity index (χ4v) is 1.34. The number of nitrogens with one attached hydrogen (secondary N) is 1. The van der Waals surface area contributed by atoms with Crippen molar-refractivity contribution in [2.24, 2.45) is 0 Å². The van der Waals surface area contributed by atoms with E-state index in [1.807, 2.05) is 12.1 Å². The summed E-state index contributed by atoms with van der Waals surface area (Å²) in [6.07, 6.45) is 3.09. The van der Waals surface area contributed by atoms with Crippen LogP contribution >= 0.6 is 0 Å². The largest absolute Gasteiger partial charge is 0.475 e. The van der Waals surface area contributed by atoms with Crippen LogP contribution in [-0.4, -0.2) is 30.3 Å². The van der Waals surface area contributed by atoms with E-state index in [4.69, 9.17) is 13.9 Å². The summed E-state index contributed by atoms with van der Waals surface area (Å²) in [6, 6.07) is 5.47. The van der Waals surface area contributed by atoms with Crippen molar-refractivity contribution in [1.82, 2.24) is 9.97 Å². The van der Waals surface area contributed by atoms with Crippen molar-refractivity contribution in [2.45, 2.75) is 6.54 Å². The van der Waals surface area contributed by atoms with Crippen LogP contribution in [0.4, 0.5) is 5.82 Å². The normalized spacial score (nSPS) is 10.3. The van der Waals surface area contributed by atoms with E-state index in [9.17, 15) is 0 Å². The molecule has 0 atom stereocenters. The van der Waals surface area contributed by atoms with Crippen molar-refractivity contribution in [3.63, 3.8) is 0 Å². The highest BCUT2D eigenvalue weighted by Gasteiger charge is 2.01. The van der Waals surface area contributed by atoms with E-state index in [1.54, 1.807) is 19.4 Å². The summed E-state index contributed by atoms with van der Waals surface area (Å²) < 4.78 is 15.5. The Morgan fingerprint density at radius 3 is 3.06 bits per heavy atom. The Morgan fingerprint density at radius 2 is 2.28 bits per heavy atom. The molecular weight excluding hydrogens is 234 g/mol. The minimum Gasteiger partial charge on any atom is -0.475 e. The van der Waals surface area contributed by atoms with Crippen LogP contribution in [0.25, 0.3) is 0 Å². The SMILES string of the molecule is COCCOc1cc(NCc2ccco2)ncn1. The molecule has 2 aromatic heterocycles. The number of furan rings is 1. The van der Waals surface area contributed by atoms with Gasteiger partial charge in [0.25, 0.3) is 0 Å². The molecule has 0 aliphatic carbocycles. The fourth-order valence-electron chi connectivity index (χ4n) is 1.34. The van der Waals surface area contributed by atoms with Gasteiger partial charge in [-0.15, -0.1) is 0 Å². The molecule has 0 aliphatic rings. The van der Waals surface area contributed by atoms with Gasteiger partial charge in [0.1, 0.15) is 24.5 Å². The van der Waals surface area contributed by atoms with E-state index in [-0.39, 0.29) is 0 Å². The van der Waals surface area contributed by atoms with Crippen molar-refractivity contribution in [2.75, 3.05) is 25.6 Å². The Labute approximate surface area is 105 Å². The van der Waals surface area contributed by atoms with Crippen LogP contribution in [0.1, 0.15) is 5.76 Å². The zero-order valence-electron chi connectivity index (χ0n) is 10.1. The molecule has 0 bridgehead atoms. The van der Waals surface area contributed by atoms with Crippen molar-refractivity contribution in [1.29, 1.82) is 0 Å². The van der Waals surface area contributed by atoms with E-state index in [0.29, 0.717) is 31.5 Å². The summed E-state index contributed by atoms with van der Waals surface area (Å²) in [6.45, 7) is 1.56. The van der Waals surface area contributed by atoms with Gasteiger partial charge in [-0.1, -0.05) is 0 Å². The molecule has 2 rings (SSSR count). The second-order valence-electron chi connectivity index (χ2n) is 3.52. The first-order valence-corrected chi connectivity index (χ1v) is 5.58. The number of ether oxygens (including phenoxy) is 2. The van der Waals surface area contributed by atoms with E-state index in [1.165, 1.54) is 6.33 Å². The zero-order valence-corrected chi connectivity index (χ0v) is 10.1. The predicted octanol–water partition coefficient (Wildman–Crippen LogP) is 1.71. The lowest BCUT2D eigenvalue weighted by Gasteiger charge is -2.06. The van der Waals surface area contributed by atoms with Crippen molar-refractivity contribution in [3.8, 4) is 5.88 Å². The number of rotatable bonds is 7. The molecule has 2 aromatic rings. The molecule has 0 unspecified atom stereocenters. The van der Waals surface area contributed by atoms with Gasteiger partial charge in [-0.05, 0) is 12.1 Å². The minimum atomic E-state index is 0.463. The van der Waals surface area contributed by atoms with Gasteiger partial charge >= 0.3 is 0 Å². The molecule has 0 radical (unpaired) electrons. The smallest absolute Gasteiger partial charge is 0.218 e. The summed E-state index contributed by atoms with van der Waals surface area (Å²) in [4.78, 5) is 8.10. The molecule has 1 N–H and O–H groups in total. The first-order valence-electron chi connectivity index (χ1n) is 5.58. The molecule has 0 aliphatic heterocycles. The summed E-state index contributed by atoms with van der Waals surface area (Å²) in [5.74, 6) is 2.05. The molecule has 2 heterocycles. The van der Waals surface area contributed by atoms with Gasteiger partial charge in [-0.2, -0.15) is 0 Å². The number of hydrogen-bond donors (Lipinski definition) is 1. The van der Waals surface area contributed by atoms with Crippen molar-refractivity contribution >= 4 is 5.82 Å². The maximum Gasteiger partial charge on any atom is 0.218 e. The van der Waals surface area contributed by atoms with Gasteiger partial charge in [0, 0.05) is 13.2 Å². The standard InChI is InChI=1S/C12H15N3O3/c1-16-5-6-18-12-7-11(14-9-15-12)13-8-10-3-2-4-17-10/h2-4,7,9H,5-6,8H2,1H3,(H,13,14,15). The third-order valence-corrected chi connectivity index (χ3v) is 2.20. The third-order valence-electron chi connectivity index (χ3n) is 2.20. The Bertz CT molecular complexity index is 459.